The summed E-state index contributed by atoms with van der Waals surface area (Å²) in [7, 11) is 0. The molecule has 0 amide bonds. The Hall–Kier alpha value is -0.920. The molecule has 0 aromatic heterocycles. The van der Waals surface area contributed by atoms with E-state index in [1.54, 1.807) is 13.1 Å². The Labute approximate surface area is 54.3 Å². The molecular formula is C7H9NO. The highest BCUT2D eigenvalue weighted by Gasteiger charge is 2.03. The van der Waals surface area contributed by atoms with Crippen LogP contribution in [-0.2, 0) is 4.79 Å². The van der Waals surface area contributed by atoms with Crippen molar-refractivity contribution in [3.8, 4) is 0 Å². The van der Waals surface area contributed by atoms with E-state index in [1.165, 1.54) is 0 Å². The Balaban J connectivity index is 2.68. The van der Waals surface area contributed by atoms with E-state index in [1.807, 2.05) is 6.21 Å². The van der Waals surface area contributed by atoms with Crippen LogP contribution in [0.1, 0.15) is 19.8 Å². The lowest BCUT2D eigenvalue weighted by Crippen LogP contribution is -1.99. The summed E-state index contributed by atoms with van der Waals surface area (Å²) >= 11 is 0. The highest BCUT2D eigenvalue weighted by Crippen LogP contribution is 2.08. The summed E-state index contributed by atoms with van der Waals surface area (Å²) in [5, 5.41) is 0. The van der Waals surface area contributed by atoms with Crippen LogP contribution < -0.4 is 0 Å². The number of ketones is 1. The van der Waals surface area contributed by atoms with Gasteiger partial charge in [-0.15, -0.1) is 0 Å². The number of Topliss-reactive ketones (excluding diaryl/α,β-unsaturated/α-hetero) is 1. The molecule has 0 unspecified atom stereocenters. The molecule has 0 saturated carbocycles. The first-order valence-corrected chi connectivity index (χ1v) is 3.02. The molecule has 0 spiro atoms. The van der Waals surface area contributed by atoms with Gasteiger partial charge in [0.15, 0.2) is 5.78 Å². The molecule has 9 heavy (non-hydrogen) atoms. The molecule has 1 rings (SSSR count). The zero-order chi connectivity index (χ0) is 6.69. The molecule has 0 fully saturated rings. The number of aliphatic imine (C=N–C) groups is 1. The van der Waals surface area contributed by atoms with Crippen molar-refractivity contribution in [3.05, 3.63) is 11.8 Å². The second-order valence-corrected chi connectivity index (χ2v) is 2.08. The lowest BCUT2D eigenvalue weighted by Gasteiger charge is -2.01. The van der Waals surface area contributed by atoms with E-state index in [0.717, 1.165) is 18.4 Å². The Morgan fingerprint density at radius 3 is 2.89 bits per heavy atom. The van der Waals surface area contributed by atoms with Gasteiger partial charge in [0.2, 0.25) is 0 Å². The maximum Gasteiger partial charge on any atom is 0.157 e. The first-order valence-electron chi connectivity index (χ1n) is 3.02. The summed E-state index contributed by atoms with van der Waals surface area (Å²) in [6.45, 7) is 1.58. The van der Waals surface area contributed by atoms with E-state index in [9.17, 15) is 4.79 Å². The third-order valence-electron chi connectivity index (χ3n) is 1.33. The first-order chi connectivity index (χ1) is 4.30. The summed E-state index contributed by atoms with van der Waals surface area (Å²) in [6, 6.07) is 0. The fourth-order valence-corrected chi connectivity index (χ4v) is 0.769. The standard InChI is InChI=1S/C7H9NO/c1-6(9)7-3-2-4-8-5-7/h4-5H,2-3H2,1H3. The highest BCUT2D eigenvalue weighted by molar-refractivity contribution is 5.94. The molecule has 1 aliphatic heterocycles. The van der Waals surface area contributed by atoms with Gasteiger partial charge in [-0.25, -0.2) is 0 Å². The number of hydrogen-bond donors (Lipinski definition) is 0. The molecule has 0 N–H and O–H groups in total. The van der Waals surface area contributed by atoms with Crippen LogP contribution in [0.5, 0.6) is 0 Å². The van der Waals surface area contributed by atoms with Crippen LogP contribution in [0.25, 0.3) is 0 Å². The van der Waals surface area contributed by atoms with E-state index in [2.05, 4.69) is 4.99 Å². The Morgan fingerprint density at radius 1 is 1.78 bits per heavy atom. The molecule has 48 valence electrons. The van der Waals surface area contributed by atoms with E-state index in [0.29, 0.717) is 0 Å². The van der Waals surface area contributed by atoms with Crippen molar-refractivity contribution in [3.63, 3.8) is 0 Å². The number of carbonyl (C=O) groups is 1. The molecule has 0 aromatic rings. The minimum absolute atomic E-state index is 0.145. The lowest BCUT2D eigenvalue weighted by molar-refractivity contribution is -0.113. The molecule has 0 aliphatic carbocycles. The molecule has 0 atom stereocenters. The van der Waals surface area contributed by atoms with Gasteiger partial charge in [0.1, 0.15) is 0 Å². The average molecular weight is 123 g/mol. The predicted octanol–water partition coefficient (Wildman–Crippen LogP) is 1.32. The number of allylic oxidation sites excluding steroid dienone is 1. The Kier molecular flexibility index (Phi) is 1.78. The second-order valence-electron chi connectivity index (χ2n) is 2.08. The first kappa shape index (κ1) is 6.20. The van der Waals surface area contributed by atoms with E-state index >= 15 is 0 Å². The largest absolute Gasteiger partial charge is 0.295 e. The lowest BCUT2D eigenvalue weighted by atomic mass is 10.1. The fraction of sp³-hybridized carbons (Fsp3) is 0.429. The van der Waals surface area contributed by atoms with Crippen molar-refractivity contribution < 1.29 is 4.79 Å². The van der Waals surface area contributed by atoms with Crippen molar-refractivity contribution in [1.29, 1.82) is 0 Å². The third kappa shape index (κ3) is 1.49. The van der Waals surface area contributed by atoms with Gasteiger partial charge >= 0.3 is 0 Å². The molecule has 1 aliphatic rings. The van der Waals surface area contributed by atoms with Crippen molar-refractivity contribution >= 4 is 12.0 Å². The number of rotatable bonds is 1. The van der Waals surface area contributed by atoms with Crippen molar-refractivity contribution in [2.75, 3.05) is 0 Å². The van der Waals surface area contributed by atoms with Gasteiger partial charge in [0, 0.05) is 18.0 Å². The number of carbonyl (C=O) groups excluding carboxylic acids is 1. The number of hydrogen-bond acceptors (Lipinski definition) is 2. The third-order valence-corrected chi connectivity index (χ3v) is 1.33. The topological polar surface area (TPSA) is 29.4 Å². The van der Waals surface area contributed by atoms with Gasteiger partial charge in [-0.05, 0) is 19.8 Å². The van der Waals surface area contributed by atoms with Crippen molar-refractivity contribution in [1.82, 2.24) is 0 Å². The quantitative estimate of drug-likeness (QED) is 0.517. The van der Waals surface area contributed by atoms with E-state index < -0.39 is 0 Å². The van der Waals surface area contributed by atoms with Crippen LogP contribution >= 0.6 is 0 Å². The van der Waals surface area contributed by atoms with Gasteiger partial charge < -0.3 is 0 Å². The van der Waals surface area contributed by atoms with Crippen LogP contribution in [0.3, 0.4) is 0 Å². The Morgan fingerprint density at radius 2 is 2.56 bits per heavy atom. The molecule has 0 bridgehead atoms. The summed E-state index contributed by atoms with van der Waals surface area (Å²) in [6.07, 6.45) is 5.24. The maximum absolute atomic E-state index is 10.7. The summed E-state index contributed by atoms with van der Waals surface area (Å²) in [4.78, 5) is 14.5. The van der Waals surface area contributed by atoms with Crippen LogP contribution in [-0.4, -0.2) is 12.0 Å². The highest BCUT2D eigenvalue weighted by atomic mass is 16.1. The van der Waals surface area contributed by atoms with Crippen molar-refractivity contribution in [2.24, 2.45) is 4.99 Å². The zero-order valence-corrected chi connectivity index (χ0v) is 5.42. The van der Waals surface area contributed by atoms with Crippen molar-refractivity contribution in [2.45, 2.75) is 19.8 Å². The molecule has 1 heterocycles. The minimum atomic E-state index is 0.145. The predicted molar refractivity (Wildman–Crippen MR) is 36.5 cm³/mol. The average Bonchev–Trinajstić information content (AvgIpc) is 1.90. The Bertz CT molecular complexity index is 179. The smallest absolute Gasteiger partial charge is 0.157 e. The molecule has 0 saturated heterocycles. The van der Waals surface area contributed by atoms with E-state index in [4.69, 9.17) is 0 Å². The van der Waals surface area contributed by atoms with Gasteiger partial charge in [-0.2, -0.15) is 0 Å². The molecular weight excluding hydrogens is 114 g/mol. The summed E-state index contributed by atoms with van der Waals surface area (Å²) in [5.41, 5.74) is 0.845. The normalized spacial score (nSPS) is 17.2. The monoisotopic (exact) mass is 123 g/mol. The maximum atomic E-state index is 10.7. The van der Waals surface area contributed by atoms with Gasteiger partial charge in [0.25, 0.3) is 0 Å². The summed E-state index contributed by atoms with van der Waals surface area (Å²) in [5.74, 6) is 0.145. The van der Waals surface area contributed by atoms with Crippen LogP contribution in [0.15, 0.2) is 16.8 Å². The van der Waals surface area contributed by atoms with Crippen LogP contribution in [0, 0.1) is 0 Å². The molecule has 2 nitrogen and oxygen atoms in total. The fourth-order valence-electron chi connectivity index (χ4n) is 0.769. The SMILES string of the molecule is CC(=O)C1=CN=CCC1. The molecule has 2 heteroatoms. The van der Waals surface area contributed by atoms with Crippen LogP contribution in [0.2, 0.25) is 0 Å². The summed E-state index contributed by atoms with van der Waals surface area (Å²) < 4.78 is 0. The minimum Gasteiger partial charge on any atom is -0.295 e. The second kappa shape index (κ2) is 2.58. The van der Waals surface area contributed by atoms with Crippen LogP contribution in [0.4, 0.5) is 0 Å². The van der Waals surface area contributed by atoms with Gasteiger partial charge in [-0.1, -0.05) is 0 Å². The van der Waals surface area contributed by atoms with Gasteiger partial charge in [0.05, 0.1) is 0 Å². The molecule has 0 aromatic carbocycles. The van der Waals surface area contributed by atoms with Gasteiger partial charge in [-0.3, -0.25) is 9.79 Å². The zero-order valence-electron chi connectivity index (χ0n) is 5.42. The van der Waals surface area contributed by atoms with E-state index in [-0.39, 0.29) is 5.78 Å². The number of nitrogens with zero attached hydrogens (tertiary/aromatic N) is 1. The molecule has 0 radical (unpaired) electrons.